The molecule has 5 nitrogen and oxygen atoms in total. The molecule has 1 saturated heterocycles. The number of ether oxygens (including phenoxy) is 1. The number of likely N-dealkylation sites (tertiary alicyclic amines) is 1. The average Bonchev–Trinajstić information content (AvgIpc) is 3.23. The molecular formula is C21H30N4O. The first kappa shape index (κ1) is 18.7. The van der Waals surface area contributed by atoms with E-state index in [1.54, 1.807) is 7.11 Å². The molecule has 0 bridgehead atoms. The number of nitrogens with zero attached hydrogens (tertiary/aromatic N) is 2. The number of piperidine rings is 1. The Kier molecular flexibility index (Phi) is 6.12. The molecule has 3 aliphatic rings. The van der Waals surface area contributed by atoms with Crippen LogP contribution in [0.15, 0.2) is 64.2 Å². The fourth-order valence-electron chi connectivity index (χ4n) is 3.70. The van der Waals surface area contributed by atoms with Gasteiger partial charge in [0, 0.05) is 25.2 Å². The van der Waals surface area contributed by atoms with Crippen LogP contribution in [0.2, 0.25) is 0 Å². The van der Waals surface area contributed by atoms with Crippen LogP contribution in [0.5, 0.6) is 0 Å². The van der Waals surface area contributed by atoms with Crippen molar-refractivity contribution in [3.8, 4) is 0 Å². The van der Waals surface area contributed by atoms with Crippen LogP contribution >= 0.6 is 0 Å². The Labute approximate surface area is 156 Å². The second-order valence-corrected chi connectivity index (χ2v) is 6.92. The first-order chi connectivity index (χ1) is 12.7. The van der Waals surface area contributed by atoms with Crippen LogP contribution < -0.4 is 10.6 Å². The first-order valence-corrected chi connectivity index (χ1v) is 9.39. The summed E-state index contributed by atoms with van der Waals surface area (Å²) in [6.07, 6.45) is 10.8. The molecule has 0 unspecified atom stereocenters. The van der Waals surface area contributed by atoms with Gasteiger partial charge in [0.2, 0.25) is 0 Å². The monoisotopic (exact) mass is 354 g/mol. The molecule has 0 aromatic rings. The van der Waals surface area contributed by atoms with Crippen molar-refractivity contribution >= 4 is 5.71 Å². The molecule has 0 aliphatic carbocycles. The highest BCUT2D eigenvalue weighted by molar-refractivity contribution is 6.12. The van der Waals surface area contributed by atoms with Crippen LogP contribution in [0.3, 0.4) is 0 Å². The minimum absolute atomic E-state index is 0.647. The van der Waals surface area contributed by atoms with E-state index < -0.39 is 0 Å². The van der Waals surface area contributed by atoms with Crippen LogP contribution in [0, 0.1) is 0 Å². The van der Waals surface area contributed by atoms with Crippen molar-refractivity contribution in [2.24, 2.45) is 4.99 Å². The largest absolute Gasteiger partial charge is 0.494 e. The van der Waals surface area contributed by atoms with Gasteiger partial charge in [-0.2, -0.15) is 0 Å². The second kappa shape index (κ2) is 8.52. The molecule has 3 heterocycles. The maximum absolute atomic E-state index is 5.37. The normalized spacial score (nSPS) is 23.8. The van der Waals surface area contributed by atoms with Gasteiger partial charge in [0.15, 0.2) is 0 Å². The molecule has 140 valence electrons. The molecule has 0 saturated carbocycles. The number of hydrogen-bond donors (Lipinski definition) is 2. The predicted molar refractivity (Wildman–Crippen MR) is 108 cm³/mol. The Morgan fingerprint density at radius 3 is 2.81 bits per heavy atom. The average molecular weight is 354 g/mol. The van der Waals surface area contributed by atoms with Crippen molar-refractivity contribution in [3.63, 3.8) is 0 Å². The molecule has 5 heteroatoms. The zero-order valence-electron chi connectivity index (χ0n) is 16.1. The number of aliphatic imine (C=N–C) groups is 1. The molecule has 0 spiro atoms. The topological polar surface area (TPSA) is 48.9 Å². The quantitative estimate of drug-likeness (QED) is 0.770. The summed E-state index contributed by atoms with van der Waals surface area (Å²) >= 11 is 0. The Morgan fingerprint density at radius 1 is 1.42 bits per heavy atom. The van der Waals surface area contributed by atoms with Crippen molar-refractivity contribution in [3.05, 3.63) is 59.2 Å². The third-order valence-electron chi connectivity index (χ3n) is 5.30. The van der Waals surface area contributed by atoms with Gasteiger partial charge in [-0.05, 0) is 51.0 Å². The fourth-order valence-corrected chi connectivity index (χ4v) is 3.70. The summed E-state index contributed by atoms with van der Waals surface area (Å²) in [6.45, 7) is 10.1. The summed E-state index contributed by atoms with van der Waals surface area (Å²) < 4.78 is 5.37. The predicted octanol–water partition coefficient (Wildman–Crippen LogP) is 2.53. The Morgan fingerprint density at radius 2 is 2.19 bits per heavy atom. The number of nitrogens with one attached hydrogen (secondary N) is 2. The van der Waals surface area contributed by atoms with Crippen molar-refractivity contribution in [1.29, 1.82) is 0 Å². The lowest BCUT2D eigenvalue weighted by molar-refractivity contribution is 0.217. The van der Waals surface area contributed by atoms with E-state index >= 15 is 0 Å². The van der Waals surface area contributed by atoms with Crippen LogP contribution in [0.4, 0.5) is 0 Å². The van der Waals surface area contributed by atoms with E-state index in [0.29, 0.717) is 11.7 Å². The summed E-state index contributed by atoms with van der Waals surface area (Å²) in [5, 5.41) is 6.95. The van der Waals surface area contributed by atoms with Crippen molar-refractivity contribution in [1.82, 2.24) is 15.5 Å². The SMILES string of the molecule is C=C1N=C(C2=C(CN3CCC(NC)CC3)/C(=C/C=C\C)CN2)C=C1OC. The zero-order valence-corrected chi connectivity index (χ0v) is 16.1. The van der Waals surface area contributed by atoms with E-state index in [1.807, 2.05) is 13.0 Å². The lowest BCUT2D eigenvalue weighted by Gasteiger charge is -2.32. The van der Waals surface area contributed by atoms with Gasteiger partial charge in [0.25, 0.3) is 0 Å². The summed E-state index contributed by atoms with van der Waals surface area (Å²) in [5.41, 5.74) is 5.41. The highest BCUT2D eigenvalue weighted by atomic mass is 16.5. The highest BCUT2D eigenvalue weighted by Gasteiger charge is 2.28. The highest BCUT2D eigenvalue weighted by Crippen LogP contribution is 2.28. The van der Waals surface area contributed by atoms with Crippen molar-refractivity contribution in [2.45, 2.75) is 25.8 Å². The van der Waals surface area contributed by atoms with E-state index in [4.69, 9.17) is 4.74 Å². The van der Waals surface area contributed by atoms with E-state index in [9.17, 15) is 0 Å². The molecule has 0 amide bonds. The molecule has 3 aliphatic heterocycles. The number of methoxy groups -OCH3 is 1. The lowest BCUT2D eigenvalue weighted by Crippen LogP contribution is -2.42. The van der Waals surface area contributed by atoms with Crippen molar-refractivity contribution < 1.29 is 4.74 Å². The third kappa shape index (κ3) is 4.00. The first-order valence-electron chi connectivity index (χ1n) is 9.39. The zero-order chi connectivity index (χ0) is 18.5. The molecule has 26 heavy (non-hydrogen) atoms. The molecule has 0 aromatic heterocycles. The van der Waals surface area contributed by atoms with Gasteiger partial charge in [-0.1, -0.05) is 24.8 Å². The van der Waals surface area contributed by atoms with E-state index in [1.165, 1.54) is 24.0 Å². The van der Waals surface area contributed by atoms with E-state index in [0.717, 1.165) is 43.3 Å². The van der Waals surface area contributed by atoms with Crippen LogP contribution in [-0.4, -0.2) is 57.0 Å². The van der Waals surface area contributed by atoms with Gasteiger partial charge in [-0.15, -0.1) is 0 Å². The van der Waals surface area contributed by atoms with Gasteiger partial charge in [0.05, 0.1) is 24.2 Å². The maximum Gasteiger partial charge on any atom is 0.146 e. The number of hydrogen-bond acceptors (Lipinski definition) is 5. The maximum atomic E-state index is 5.37. The Bertz CT molecular complexity index is 704. The molecule has 0 radical (unpaired) electrons. The summed E-state index contributed by atoms with van der Waals surface area (Å²) in [4.78, 5) is 7.16. The Balaban J connectivity index is 1.85. The van der Waals surface area contributed by atoms with Crippen LogP contribution in [0.25, 0.3) is 0 Å². The number of allylic oxidation sites excluding steroid dienone is 4. The lowest BCUT2D eigenvalue weighted by atomic mass is 10.0. The molecular weight excluding hydrogens is 324 g/mol. The van der Waals surface area contributed by atoms with Gasteiger partial charge in [0.1, 0.15) is 5.76 Å². The molecule has 1 fully saturated rings. The van der Waals surface area contributed by atoms with Crippen molar-refractivity contribution in [2.75, 3.05) is 40.3 Å². The summed E-state index contributed by atoms with van der Waals surface area (Å²) in [7, 11) is 3.72. The van der Waals surface area contributed by atoms with Crippen LogP contribution in [-0.2, 0) is 4.74 Å². The van der Waals surface area contributed by atoms with E-state index in [2.05, 4.69) is 52.4 Å². The van der Waals surface area contributed by atoms with Crippen LogP contribution in [0.1, 0.15) is 19.8 Å². The smallest absolute Gasteiger partial charge is 0.146 e. The minimum Gasteiger partial charge on any atom is -0.494 e. The summed E-state index contributed by atoms with van der Waals surface area (Å²) in [5.74, 6) is 0.745. The Hall–Kier alpha value is -2.11. The van der Waals surface area contributed by atoms with E-state index in [-0.39, 0.29) is 0 Å². The van der Waals surface area contributed by atoms with Gasteiger partial charge in [-0.25, -0.2) is 4.99 Å². The van der Waals surface area contributed by atoms with Gasteiger partial charge < -0.3 is 15.4 Å². The minimum atomic E-state index is 0.647. The molecule has 2 N–H and O–H groups in total. The second-order valence-electron chi connectivity index (χ2n) is 6.92. The molecule has 0 aromatic carbocycles. The van der Waals surface area contributed by atoms with Gasteiger partial charge >= 0.3 is 0 Å². The van der Waals surface area contributed by atoms with Gasteiger partial charge in [-0.3, -0.25) is 4.90 Å². The molecule has 3 rings (SSSR count). The number of rotatable bonds is 6. The molecule has 0 atom stereocenters. The third-order valence-corrected chi connectivity index (χ3v) is 5.30. The summed E-state index contributed by atoms with van der Waals surface area (Å²) in [6, 6.07) is 0.647. The standard InChI is InChI=1S/C21H30N4O/c1-5-6-7-16-13-23-21(19-12-20(26-4)15(2)24-19)18(16)14-25-10-8-17(22-3)9-11-25/h5-7,12,17,22-23H,2,8-11,13-14H2,1,3-4H3/b6-5-,16-7+. The fraction of sp³-hybridized carbons (Fsp3) is 0.476.